The van der Waals surface area contributed by atoms with Gasteiger partial charge in [-0.15, -0.1) is 10.2 Å². The standard InChI is InChI=1S/C16H15N3O4S/c1-10-4-2-3-5-12(10)19-24(20,21)14-9-8-13(22-14)16-18-17-15(23-16)11-6-7-11/h2-5,8-9,11,19H,6-7H2,1H3. The van der Waals surface area contributed by atoms with Crippen LogP contribution in [0.4, 0.5) is 5.69 Å². The molecule has 1 aliphatic carbocycles. The first kappa shape index (κ1) is 14.9. The second-order valence-electron chi connectivity index (χ2n) is 5.76. The zero-order valence-corrected chi connectivity index (χ0v) is 13.7. The van der Waals surface area contributed by atoms with Crippen LogP contribution in [-0.4, -0.2) is 18.6 Å². The van der Waals surface area contributed by atoms with Crippen LogP contribution >= 0.6 is 0 Å². The van der Waals surface area contributed by atoms with E-state index < -0.39 is 10.0 Å². The highest BCUT2D eigenvalue weighted by molar-refractivity contribution is 7.92. The molecule has 8 heteroatoms. The van der Waals surface area contributed by atoms with Crippen LogP contribution in [0.2, 0.25) is 0 Å². The second kappa shape index (κ2) is 5.48. The Bertz CT molecular complexity index is 986. The van der Waals surface area contributed by atoms with E-state index in [1.54, 1.807) is 12.1 Å². The Morgan fingerprint density at radius 3 is 2.62 bits per heavy atom. The molecule has 0 atom stereocenters. The van der Waals surface area contributed by atoms with Crippen molar-refractivity contribution in [3.63, 3.8) is 0 Å². The number of aryl methyl sites for hydroxylation is 1. The normalized spacial score (nSPS) is 14.7. The first-order valence-electron chi connectivity index (χ1n) is 7.55. The van der Waals surface area contributed by atoms with Crippen molar-refractivity contribution in [1.29, 1.82) is 0 Å². The van der Waals surface area contributed by atoms with Gasteiger partial charge in [0.25, 0.3) is 15.9 Å². The van der Waals surface area contributed by atoms with Gasteiger partial charge in [0.1, 0.15) is 0 Å². The fourth-order valence-corrected chi connectivity index (χ4v) is 3.36. The lowest BCUT2D eigenvalue weighted by Crippen LogP contribution is -2.12. The minimum absolute atomic E-state index is 0.189. The zero-order chi connectivity index (χ0) is 16.7. The van der Waals surface area contributed by atoms with Gasteiger partial charge >= 0.3 is 0 Å². The van der Waals surface area contributed by atoms with Gasteiger partial charge in [-0.1, -0.05) is 18.2 Å². The summed E-state index contributed by atoms with van der Waals surface area (Å²) >= 11 is 0. The lowest BCUT2D eigenvalue weighted by Gasteiger charge is -2.08. The second-order valence-corrected chi connectivity index (χ2v) is 7.37. The maximum atomic E-state index is 12.5. The number of hydrogen-bond donors (Lipinski definition) is 1. The maximum Gasteiger partial charge on any atom is 0.295 e. The topological polar surface area (TPSA) is 98.2 Å². The molecule has 0 unspecified atom stereocenters. The summed E-state index contributed by atoms with van der Waals surface area (Å²) in [5.41, 5.74) is 1.32. The summed E-state index contributed by atoms with van der Waals surface area (Å²) in [5, 5.41) is 7.68. The van der Waals surface area contributed by atoms with E-state index in [4.69, 9.17) is 8.83 Å². The number of para-hydroxylation sites is 1. The van der Waals surface area contributed by atoms with Crippen LogP contribution in [0.15, 0.2) is 50.3 Å². The molecule has 3 aromatic rings. The third kappa shape index (κ3) is 2.80. The van der Waals surface area contributed by atoms with Crippen molar-refractivity contribution in [1.82, 2.24) is 10.2 Å². The van der Waals surface area contributed by atoms with Gasteiger partial charge in [-0.25, -0.2) is 0 Å². The molecule has 0 amide bonds. The highest BCUT2D eigenvalue weighted by Gasteiger charge is 2.30. The van der Waals surface area contributed by atoms with E-state index in [1.807, 2.05) is 19.1 Å². The third-order valence-electron chi connectivity index (χ3n) is 3.81. The summed E-state index contributed by atoms with van der Waals surface area (Å²) in [7, 11) is -3.83. The quantitative estimate of drug-likeness (QED) is 0.762. The van der Waals surface area contributed by atoms with Crippen LogP contribution in [-0.2, 0) is 10.0 Å². The minimum atomic E-state index is -3.83. The van der Waals surface area contributed by atoms with Gasteiger partial charge in [0.05, 0.1) is 5.69 Å². The smallest absolute Gasteiger partial charge is 0.295 e. The van der Waals surface area contributed by atoms with Crippen molar-refractivity contribution in [3.05, 3.63) is 47.9 Å². The molecule has 1 fully saturated rings. The molecule has 1 aromatic carbocycles. The van der Waals surface area contributed by atoms with E-state index in [2.05, 4.69) is 14.9 Å². The molecule has 0 radical (unpaired) electrons. The van der Waals surface area contributed by atoms with Crippen molar-refractivity contribution >= 4 is 15.7 Å². The van der Waals surface area contributed by atoms with Crippen molar-refractivity contribution in [3.8, 4) is 11.7 Å². The predicted molar refractivity (Wildman–Crippen MR) is 86.0 cm³/mol. The van der Waals surface area contributed by atoms with E-state index in [-0.39, 0.29) is 16.7 Å². The molecule has 4 rings (SSSR count). The number of aromatic nitrogens is 2. The number of nitrogens with one attached hydrogen (secondary N) is 1. The molecule has 0 spiro atoms. The molecule has 0 saturated heterocycles. The monoisotopic (exact) mass is 345 g/mol. The van der Waals surface area contributed by atoms with Gasteiger partial charge in [0.15, 0.2) is 5.76 Å². The summed E-state index contributed by atoms with van der Waals surface area (Å²) in [6, 6.07) is 9.99. The Morgan fingerprint density at radius 2 is 1.88 bits per heavy atom. The molecule has 2 heterocycles. The molecule has 0 aliphatic heterocycles. The molecule has 24 heavy (non-hydrogen) atoms. The molecule has 2 aromatic heterocycles. The summed E-state index contributed by atoms with van der Waals surface area (Å²) in [6.45, 7) is 1.82. The highest BCUT2D eigenvalue weighted by Crippen LogP contribution is 2.40. The SMILES string of the molecule is Cc1ccccc1NS(=O)(=O)c1ccc(-c2nnc(C3CC3)o2)o1. The minimum Gasteiger partial charge on any atom is -0.438 e. The number of nitrogens with zero attached hydrogens (tertiary/aromatic N) is 2. The average molecular weight is 345 g/mol. The Morgan fingerprint density at radius 1 is 1.08 bits per heavy atom. The fraction of sp³-hybridized carbons (Fsp3) is 0.250. The van der Waals surface area contributed by atoms with E-state index in [9.17, 15) is 8.42 Å². The first-order valence-corrected chi connectivity index (χ1v) is 9.03. The molecular weight excluding hydrogens is 330 g/mol. The van der Waals surface area contributed by atoms with Crippen molar-refractivity contribution in [2.45, 2.75) is 30.8 Å². The number of sulfonamides is 1. The van der Waals surface area contributed by atoms with Crippen LogP contribution in [0, 0.1) is 6.92 Å². The summed E-state index contributed by atoms with van der Waals surface area (Å²) in [4.78, 5) is 0. The summed E-state index contributed by atoms with van der Waals surface area (Å²) in [6.07, 6.45) is 2.08. The summed E-state index contributed by atoms with van der Waals surface area (Å²) < 4.78 is 38.4. The number of hydrogen-bond acceptors (Lipinski definition) is 6. The van der Waals surface area contributed by atoms with E-state index in [1.165, 1.54) is 12.1 Å². The van der Waals surface area contributed by atoms with Gasteiger partial charge in [-0.3, -0.25) is 4.72 Å². The molecule has 7 nitrogen and oxygen atoms in total. The largest absolute Gasteiger partial charge is 0.438 e. The average Bonchev–Trinajstić information content (AvgIpc) is 3.09. The molecule has 1 N–H and O–H groups in total. The fourth-order valence-electron chi connectivity index (χ4n) is 2.29. The first-order chi connectivity index (χ1) is 11.5. The third-order valence-corrected chi connectivity index (χ3v) is 5.05. The lowest BCUT2D eigenvalue weighted by molar-refractivity contribution is 0.435. The van der Waals surface area contributed by atoms with Crippen molar-refractivity contribution in [2.24, 2.45) is 0 Å². The predicted octanol–water partition coefficient (Wildman–Crippen LogP) is 3.32. The Balaban J connectivity index is 1.59. The van der Waals surface area contributed by atoms with Crippen LogP contribution < -0.4 is 4.72 Å². The van der Waals surface area contributed by atoms with E-state index in [0.29, 0.717) is 17.5 Å². The Labute approximate surface area is 138 Å². The molecular formula is C16H15N3O4S. The Hall–Kier alpha value is -2.61. The van der Waals surface area contributed by atoms with Crippen LogP contribution in [0.3, 0.4) is 0 Å². The van der Waals surface area contributed by atoms with Crippen LogP contribution in [0.25, 0.3) is 11.7 Å². The Kier molecular flexibility index (Phi) is 3.42. The molecule has 1 saturated carbocycles. The van der Waals surface area contributed by atoms with Gasteiger partial charge in [0, 0.05) is 5.92 Å². The van der Waals surface area contributed by atoms with Gasteiger partial charge in [-0.05, 0) is 43.5 Å². The van der Waals surface area contributed by atoms with Gasteiger partial charge < -0.3 is 8.83 Å². The van der Waals surface area contributed by atoms with Crippen molar-refractivity contribution < 1.29 is 17.3 Å². The number of furan rings is 1. The summed E-state index contributed by atoms with van der Waals surface area (Å²) in [5.74, 6) is 1.32. The number of rotatable bonds is 5. The maximum absolute atomic E-state index is 12.5. The lowest BCUT2D eigenvalue weighted by atomic mass is 10.2. The van der Waals surface area contributed by atoms with Gasteiger partial charge in [-0.2, -0.15) is 8.42 Å². The van der Waals surface area contributed by atoms with E-state index >= 15 is 0 Å². The van der Waals surface area contributed by atoms with E-state index in [0.717, 1.165) is 18.4 Å². The van der Waals surface area contributed by atoms with Crippen LogP contribution in [0.1, 0.15) is 30.2 Å². The number of benzene rings is 1. The zero-order valence-electron chi connectivity index (χ0n) is 12.9. The molecule has 0 bridgehead atoms. The van der Waals surface area contributed by atoms with Gasteiger partial charge in [0.2, 0.25) is 11.0 Å². The highest BCUT2D eigenvalue weighted by atomic mass is 32.2. The number of anilines is 1. The van der Waals surface area contributed by atoms with Crippen molar-refractivity contribution in [2.75, 3.05) is 4.72 Å². The molecule has 1 aliphatic rings. The van der Waals surface area contributed by atoms with Crippen LogP contribution in [0.5, 0.6) is 0 Å². The molecule has 124 valence electrons.